The van der Waals surface area contributed by atoms with Gasteiger partial charge < -0.3 is 9.84 Å². The first-order valence-electron chi connectivity index (χ1n) is 14.0. The van der Waals surface area contributed by atoms with E-state index in [1.54, 1.807) is 42.5 Å². The number of sulfonamides is 1. The average Bonchev–Trinajstić information content (AvgIpc) is 3.22. The Balaban J connectivity index is 1.59. The minimum absolute atomic E-state index is 0.0337. The van der Waals surface area contributed by atoms with Gasteiger partial charge in [-0.15, -0.1) is 0 Å². The predicted molar refractivity (Wildman–Crippen MR) is 156 cm³/mol. The summed E-state index contributed by atoms with van der Waals surface area (Å²) < 4.78 is 36.8. The number of carbonyl (C=O) groups is 1. The number of rotatable bonds is 8. The van der Waals surface area contributed by atoms with Gasteiger partial charge in [-0.1, -0.05) is 75.4 Å². The molecule has 6 nitrogen and oxygen atoms in total. The maximum absolute atomic E-state index is 14.5. The van der Waals surface area contributed by atoms with Crippen molar-refractivity contribution in [3.05, 3.63) is 95.6 Å². The summed E-state index contributed by atoms with van der Waals surface area (Å²) in [5, 5.41) is 10.7. The van der Waals surface area contributed by atoms with Crippen LogP contribution in [0.2, 0.25) is 0 Å². The molecule has 0 aliphatic heterocycles. The van der Waals surface area contributed by atoms with Crippen LogP contribution in [-0.2, 0) is 19.6 Å². The second-order valence-electron chi connectivity index (χ2n) is 12.3. The molecule has 0 amide bonds. The lowest BCUT2D eigenvalue weighted by Crippen LogP contribution is -2.53. The van der Waals surface area contributed by atoms with Crippen LogP contribution in [0.3, 0.4) is 0 Å². The molecule has 1 N–H and O–H groups in total. The normalized spacial score (nSPS) is 25.9. The third kappa shape index (κ3) is 4.73. The van der Waals surface area contributed by atoms with Gasteiger partial charge in [0.15, 0.2) is 0 Å². The van der Waals surface area contributed by atoms with Crippen molar-refractivity contribution in [2.45, 2.75) is 77.0 Å². The molecule has 3 aromatic carbocycles. The molecule has 2 bridgehead atoms. The van der Waals surface area contributed by atoms with Gasteiger partial charge in [0.25, 0.3) is 10.0 Å². The smallest absolute Gasteiger partial charge is 0.309 e. The summed E-state index contributed by atoms with van der Waals surface area (Å²) >= 11 is 0. The lowest BCUT2D eigenvalue weighted by molar-refractivity contribution is -0.160. The van der Waals surface area contributed by atoms with Gasteiger partial charge in [0.2, 0.25) is 0 Å². The van der Waals surface area contributed by atoms with E-state index in [-0.39, 0.29) is 22.6 Å². The van der Waals surface area contributed by atoms with E-state index in [4.69, 9.17) is 4.74 Å². The monoisotopic (exact) mass is 561 g/mol. The summed E-state index contributed by atoms with van der Waals surface area (Å²) in [7, 11) is -4.01. The van der Waals surface area contributed by atoms with Gasteiger partial charge in [-0.25, -0.2) is 8.42 Å². The van der Waals surface area contributed by atoms with Crippen LogP contribution in [0, 0.1) is 30.6 Å². The Morgan fingerprint density at radius 3 is 2.15 bits per heavy atom. The number of esters is 1. The number of hydrogen-bond acceptors (Lipinski definition) is 5. The van der Waals surface area contributed by atoms with Gasteiger partial charge in [0.1, 0.15) is 6.10 Å². The highest BCUT2D eigenvalue weighted by Gasteiger charge is 2.70. The van der Waals surface area contributed by atoms with Gasteiger partial charge in [0.05, 0.1) is 29.1 Å². The molecule has 2 aliphatic rings. The Labute approximate surface area is 238 Å². The molecule has 40 heavy (non-hydrogen) atoms. The Bertz CT molecular complexity index is 1470. The van der Waals surface area contributed by atoms with E-state index in [9.17, 15) is 18.3 Å². The molecule has 3 aromatic rings. The molecule has 5 atom stereocenters. The lowest BCUT2D eigenvalue weighted by atomic mass is 9.70. The largest absolute Gasteiger partial charge is 0.459 e. The Morgan fingerprint density at radius 1 is 0.975 bits per heavy atom. The zero-order valence-electron chi connectivity index (χ0n) is 23.9. The standard InChI is InChI=1S/C33H39NO5S/c1-22-18-23(2)20-25(19-22)34(40(37,38)26-14-10-7-11-15-26)30-27-16-17-33(5,32(27,3)4)31(30)39-29(36)21-28(35)24-12-8-6-9-13-24/h6-15,18-20,27-28,30-31,35H,16-17,21H2,1-5H3/t27?,28-,30?,31?,33?/m0/s1. The first-order valence-corrected chi connectivity index (χ1v) is 15.4. The minimum atomic E-state index is -4.01. The zero-order valence-corrected chi connectivity index (χ0v) is 24.7. The van der Waals surface area contributed by atoms with Crippen molar-refractivity contribution in [2.75, 3.05) is 4.31 Å². The molecular weight excluding hydrogens is 522 g/mol. The molecule has 0 saturated heterocycles. The van der Waals surface area contributed by atoms with Crippen molar-refractivity contribution < 1.29 is 23.1 Å². The van der Waals surface area contributed by atoms with Gasteiger partial charge >= 0.3 is 5.97 Å². The Hall–Kier alpha value is -3.16. The number of aryl methyl sites for hydroxylation is 2. The molecular formula is C33H39NO5S. The third-order valence-corrected chi connectivity index (χ3v) is 11.4. The van der Waals surface area contributed by atoms with E-state index in [0.29, 0.717) is 11.3 Å². The van der Waals surface area contributed by atoms with Crippen LogP contribution in [0.5, 0.6) is 0 Å². The SMILES string of the molecule is Cc1cc(C)cc(N(C2C3CCC(C)(C2OC(=O)C[C@H](O)c2ccccc2)C3(C)C)S(=O)(=O)c2ccccc2)c1. The Kier molecular flexibility index (Phi) is 7.34. The van der Waals surface area contributed by atoms with Crippen LogP contribution in [-0.4, -0.2) is 31.6 Å². The highest BCUT2D eigenvalue weighted by atomic mass is 32.2. The number of nitrogens with zero attached hydrogens (tertiary/aromatic N) is 1. The van der Waals surface area contributed by atoms with Crippen molar-refractivity contribution in [3.8, 4) is 0 Å². The zero-order chi connectivity index (χ0) is 28.9. The minimum Gasteiger partial charge on any atom is -0.459 e. The van der Waals surface area contributed by atoms with Crippen LogP contribution in [0.4, 0.5) is 5.69 Å². The summed E-state index contributed by atoms with van der Waals surface area (Å²) in [6.07, 6.45) is -0.234. The fraction of sp³-hybridized carbons (Fsp3) is 0.424. The highest BCUT2D eigenvalue weighted by Crippen LogP contribution is 2.68. The number of carbonyl (C=O) groups excluding carboxylic acids is 1. The molecule has 5 rings (SSSR count). The average molecular weight is 562 g/mol. The van der Waals surface area contributed by atoms with E-state index in [2.05, 4.69) is 20.8 Å². The number of hydrogen-bond donors (Lipinski definition) is 1. The summed E-state index contributed by atoms with van der Waals surface area (Å²) in [6, 6.07) is 22.7. The maximum atomic E-state index is 14.5. The van der Waals surface area contributed by atoms with Crippen LogP contribution in [0.1, 0.15) is 62.8 Å². The van der Waals surface area contributed by atoms with Crippen molar-refractivity contribution in [3.63, 3.8) is 0 Å². The number of ether oxygens (including phenoxy) is 1. The van der Waals surface area contributed by atoms with Crippen LogP contribution < -0.4 is 4.31 Å². The molecule has 4 unspecified atom stereocenters. The first kappa shape index (κ1) is 28.4. The second kappa shape index (κ2) is 10.3. The number of aliphatic hydroxyl groups excluding tert-OH is 1. The molecule has 212 valence electrons. The highest BCUT2D eigenvalue weighted by molar-refractivity contribution is 7.92. The van der Waals surface area contributed by atoms with Gasteiger partial charge in [-0.2, -0.15) is 0 Å². The molecule has 2 saturated carbocycles. The number of anilines is 1. The van der Waals surface area contributed by atoms with E-state index in [1.807, 2.05) is 50.2 Å². The molecule has 0 radical (unpaired) electrons. The van der Waals surface area contributed by atoms with Crippen molar-refractivity contribution in [1.82, 2.24) is 0 Å². The predicted octanol–water partition coefficient (Wildman–Crippen LogP) is 6.36. The summed E-state index contributed by atoms with van der Waals surface area (Å²) in [4.78, 5) is 13.6. The molecule has 0 heterocycles. The van der Waals surface area contributed by atoms with Crippen molar-refractivity contribution >= 4 is 21.7 Å². The lowest BCUT2D eigenvalue weighted by Gasteiger charge is -2.43. The van der Waals surface area contributed by atoms with Crippen LogP contribution in [0.15, 0.2) is 83.8 Å². The fourth-order valence-electron chi connectivity index (χ4n) is 7.14. The van der Waals surface area contributed by atoms with Crippen molar-refractivity contribution in [2.24, 2.45) is 16.7 Å². The molecule has 2 fully saturated rings. The van der Waals surface area contributed by atoms with E-state index in [1.165, 1.54) is 4.31 Å². The Morgan fingerprint density at radius 2 is 1.55 bits per heavy atom. The van der Waals surface area contributed by atoms with Gasteiger partial charge in [-0.05, 0) is 79.0 Å². The molecule has 0 spiro atoms. The number of aliphatic hydroxyl groups is 1. The van der Waals surface area contributed by atoms with Crippen LogP contribution in [0.25, 0.3) is 0 Å². The number of benzene rings is 3. The quantitative estimate of drug-likeness (QED) is 0.324. The molecule has 2 aliphatic carbocycles. The van der Waals surface area contributed by atoms with Crippen LogP contribution >= 0.6 is 0 Å². The molecule has 7 heteroatoms. The third-order valence-electron chi connectivity index (χ3n) is 9.56. The van der Waals surface area contributed by atoms with E-state index in [0.717, 1.165) is 24.0 Å². The van der Waals surface area contributed by atoms with E-state index < -0.39 is 39.7 Å². The summed E-state index contributed by atoms with van der Waals surface area (Å²) in [5.74, 6) is -0.568. The van der Waals surface area contributed by atoms with Crippen molar-refractivity contribution in [1.29, 1.82) is 0 Å². The topological polar surface area (TPSA) is 83.9 Å². The molecule has 0 aromatic heterocycles. The summed E-state index contributed by atoms with van der Waals surface area (Å²) in [5.41, 5.74) is 2.39. The van der Waals surface area contributed by atoms with Gasteiger partial charge in [0, 0.05) is 5.41 Å². The summed E-state index contributed by atoms with van der Waals surface area (Å²) in [6.45, 7) is 10.4. The maximum Gasteiger partial charge on any atom is 0.309 e. The van der Waals surface area contributed by atoms with Gasteiger partial charge in [-0.3, -0.25) is 9.10 Å². The fourth-order valence-corrected chi connectivity index (χ4v) is 8.83. The second-order valence-corrected chi connectivity index (χ2v) is 14.1. The number of fused-ring (bicyclic) bond motifs is 2. The van der Waals surface area contributed by atoms with E-state index >= 15 is 0 Å². The first-order chi connectivity index (χ1) is 18.9.